The molecule has 0 aliphatic rings. The van der Waals surface area contributed by atoms with Crippen LogP contribution in [-0.2, 0) is 3.79 Å². The van der Waals surface area contributed by atoms with E-state index in [1.807, 2.05) is 19.1 Å². The summed E-state index contributed by atoms with van der Waals surface area (Å²) < 4.78 is 5.52. The van der Waals surface area contributed by atoms with Crippen molar-refractivity contribution in [3.63, 3.8) is 0 Å². The molecule has 0 radical (unpaired) electrons. The van der Waals surface area contributed by atoms with Crippen molar-refractivity contribution in [3.8, 4) is 0 Å². The molecule has 0 fully saturated rings. The Morgan fingerprint density at radius 3 is 2.10 bits per heavy atom. The maximum atomic E-state index is 5.52. The Hall–Kier alpha value is -0.0275. The van der Waals surface area contributed by atoms with Crippen LogP contribution in [0.15, 0.2) is 25.3 Å². The number of rotatable bonds is 6. The smallest absolute Gasteiger partial charge is 0.468 e. The van der Waals surface area contributed by atoms with Crippen LogP contribution in [0.5, 0.6) is 0 Å². The Balaban J connectivity index is 3.48. The van der Waals surface area contributed by atoms with Crippen LogP contribution >= 0.6 is 0 Å². The first-order valence-electron chi connectivity index (χ1n) is 3.68. The zero-order valence-electron chi connectivity index (χ0n) is 6.68. The largest absolute Gasteiger partial charge is 0.501 e. The molecule has 0 bridgehead atoms. The molecule has 0 atom stereocenters. The van der Waals surface area contributed by atoms with Crippen molar-refractivity contribution < 1.29 is 3.79 Å². The minimum absolute atomic E-state index is 0.832. The van der Waals surface area contributed by atoms with E-state index >= 15 is 0 Å². The lowest BCUT2D eigenvalue weighted by Gasteiger charge is -2.05. The molecule has 0 aliphatic heterocycles. The average molecular weight is 154 g/mol. The number of hydrogen-bond donors (Lipinski definition) is 0. The minimum Gasteiger partial charge on any atom is -0.501 e. The Morgan fingerprint density at radius 1 is 1.30 bits per heavy atom. The van der Waals surface area contributed by atoms with Crippen molar-refractivity contribution in [2.45, 2.75) is 17.5 Å². The van der Waals surface area contributed by atoms with E-state index in [-0.39, 0.29) is 0 Å². The van der Waals surface area contributed by atoms with Crippen LogP contribution in [-0.4, -0.2) is 21.1 Å². The molecule has 0 rings (SSSR count). The summed E-state index contributed by atoms with van der Waals surface area (Å²) in [5.74, 6) is 0. The fourth-order valence-electron chi connectivity index (χ4n) is 0.840. The summed E-state index contributed by atoms with van der Waals surface area (Å²) in [6.07, 6.45) is 3.88. The lowest BCUT2D eigenvalue weighted by atomic mass is 10.7. The van der Waals surface area contributed by atoms with Gasteiger partial charge in [0.1, 0.15) is 0 Å². The molecule has 0 aromatic heterocycles. The van der Waals surface area contributed by atoms with E-state index < -0.39 is 14.5 Å². The van der Waals surface area contributed by atoms with Crippen LogP contribution < -0.4 is 0 Å². The molecule has 0 aliphatic carbocycles. The van der Waals surface area contributed by atoms with E-state index in [2.05, 4.69) is 13.2 Å². The molecule has 1 nitrogen and oxygen atoms in total. The van der Waals surface area contributed by atoms with Gasteiger partial charge in [0.05, 0.1) is 0 Å². The second-order valence-corrected chi connectivity index (χ2v) is 4.65. The SMILES string of the molecule is C=C[CH2][Al]([CH2]C=C)[O]CC. The highest BCUT2D eigenvalue weighted by atomic mass is 27.2. The fraction of sp³-hybridized carbons (Fsp3) is 0.500. The maximum Gasteiger partial charge on any atom is 0.468 e. The van der Waals surface area contributed by atoms with Gasteiger partial charge in [0.2, 0.25) is 0 Å². The Bertz CT molecular complexity index is 91.4. The molecule has 0 unspecified atom stereocenters. The van der Waals surface area contributed by atoms with E-state index in [0.717, 1.165) is 17.2 Å². The first-order valence-corrected chi connectivity index (χ1v) is 5.79. The fourth-order valence-corrected chi connectivity index (χ4v) is 2.52. The van der Waals surface area contributed by atoms with Gasteiger partial charge in [-0.1, -0.05) is 10.6 Å². The third kappa shape index (κ3) is 4.81. The molecule has 0 aromatic rings. The van der Waals surface area contributed by atoms with Crippen molar-refractivity contribution in [2.24, 2.45) is 0 Å². The van der Waals surface area contributed by atoms with Gasteiger partial charge in [-0.05, 0) is 6.92 Å². The molecule has 10 heavy (non-hydrogen) atoms. The van der Waals surface area contributed by atoms with Gasteiger partial charge in [-0.3, -0.25) is 0 Å². The van der Waals surface area contributed by atoms with Gasteiger partial charge in [-0.15, -0.1) is 25.3 Å². The summed E-state index contributed by atoms with van der Waals surface area (Å²) in [5.41, 5.74) is 0. The zero-order valence-corrected chi connectivity index (χ0v) is 7.83. The Morgan fingerprint density at radius 2 is 1.80 bits per heavy atom. The third-order valence-corrected chi connectivity index (χ3v) is 3.78. The summed E-state index contributed by atoms with van der Waals surface area (Å²) in [5, 5.41) is 2.11. The highest BCUT2D eigenvalue weighted by molar-refractivity contribution is 6.52. The quantitative estimate of drug-likeness (QED) is 0.421. The van der Waals surface area contributed by atoms with E-state index in [1.54, 1.807) is 0 Å². The topological polar surface area (TPSA) is 9.23 Å². The van der Waals surface area contributed by atoms with Crippen molar-refractivity contribution in [3.05, 3.63) is 25.3 Å². The van der Waals surface area contributed by atoms with Gasteiger partial charge in [-0.25, -0.2) is 0 Å². The van der Waals surface area contributed by atoms with E-state index in [1.165, 1.54) is 0 Å². The Labute approximate surface area is 68.1 Å². The molecular weight excluding hydrogens is 139 g/mol. The van der Waals surface area contributed by atoms with Crippen LogP contribution in [0, 0.1) is 0 Å². The second-order valence-electron chi connectivity index (χ2n) is 2.13. The standard InChI is InChI=1S/2C3H5.C2H5O.Al/c2*1-3-2;1-2-3;/h2*3H,1-2H2;2H2,1H3;/q;;-1;+1. The Kier molecular flexibility index (Phi) is 7.06. The molecule has 0 saturated heterocycles. The van der Waals surface area contributed by atoms with E-state index in [9.17, 15) is 0 Å². The van der Waals surface area contributed by atoms with Gasteiger partial charge >= 0.3 is 14.5 Å². The first kappa shape index (κ1) is 9.97. The number of hydrogen-bond acceptors (Lipinski definition) is 1. The molecule has 0 saturated carbocycles. The summed E-state index contributed by atoms with van der Waals surface area (Å²) in [6.45, 7) is 10.2. The highest BCUT2D eigenvalue weighted by Crippen LogP contribution is 2.02. The zero-order chi connectivity index (χ0) is 7.82. The third-order valence-electron chi connectivity index (χ3n) is 1.26. The molecule has 0 N–H and O–H groups in total. The summed E-state index contributed by atoms with van der Waals surface area (Å²) >= 11 is -0.970. The summed E-state index contributed by atoms with van der Waals surface area (Å²) in [6, 6.07) is 0. The highest BCUT2D eigenvalue weighted by Gasteiger charge is 2.14. The van der Waals surface area contributed by atoms with Gasteiger partial charge in [-0.2, -0.15) is 0 Å². The molecule has 0 spiro atoms. The molecule has 0 aromatic carbocycles. The van der Waals surface area contributed by atoms with Gasteiger partial charge < -0.3 is 3.79 Å². The van der Waals surface area contributed by atoms with Crippen molar-refractivity contribution >= 4 is 14.5 Å². The van der Waals surface area contributed by atoms with Gasteiger partial charge in [0.25, 0.3) is 0 Å². The minimum atomic E-state index is -0.970. The van der Waals surface area contributed by atoms with Gasteiger partial charge in [0, 0.05) is 6.61 Å². The number of allylic oxidation sites excluding steroid dienone is 2. The lowest BCUT2D eigenvalue weighted by Crippen LogP contribution is -2.15. The lowest BCUT2D eigenvalue weighted by molar-refractivity contribution is 0.345. The van der Waals surface area contributed by atoms with Crippen molar-refractivity contribution in [1.29, 1.82) is 0 Å². The summed E-state index contributed by atoms with van der Waals surface area (Å²) in [7, 11) is 0. The van der Waals surface area contributed by atoms with Crippen LogP contribution in [0.25, 0.3) is 0 Å². The van der Waals surface area contributed by atoms with Crippen molar-refractivity contribution in [2.75, 3.05) is 6.61 Å². The molecule has 0 amide bonds. The van der Waals surface area contributed by atoms with Gasteiger partial charge in [0.15, 0.2) is 0 Å². The van der Waals surface area contributed by atoms with E-state index in [0.29, 0.717) is 0 Å². The second kappa shape index (κ2) is 7.08. The van der Waals surface area contributed by atoms with Crippen LogP contribution in [0.4, 0.5) is 0 Å². The molecule has 0 heterocycles. The average Bonchev–Trinajstić information content (AvgIpc) is 1.90. The predicted octanol–water partition coefficient (Wildman–Crippen LogP) is 2.39. The first-order chi connectivity index (χ1) is 4.85. The van der Waals surface area contributed by atoms with E-state index in [4.69, 9.17) is 3.79 Å². The molecular formula is C8H15AlO. The summed E-state index contributed by atoms with van der Waals surface area (Å²) in [4.78, 5) is 0. The van der Waals surface area contributed by atoms with Crippen LogP contribution in [0.2, 0.25) is 10.6 Å². The molecule has 2 heteroatoms. The van der Waals surface area contributed by atoms with Crippen LogP contribution in [0.1, 0.15) is 6.92 Å². The normalized spacial score (nSPS) is 8.90. The maximum absolute atomic E-state index is 5.52. The van der Waals surface area contributed by atoms with Crippen molar-refractivity contribution in [1.82, 2.24) is 0 Å². The van der Waals surface area contributed by atoms with Crippen LogP contribution in [0.3, 0.4) is 0 Å². The predicted molar refractivity (Wildman–Crippen MR) is 47.4 cm³/mol. The monoisotopic (exact) mass is 154 g/mol. The molecule has 56 valence electrons.